The minimum atomic E-state index is -0.452. The predicted octanol–water partition coefficient (Wildman–Crippen LogP) is 2.85. The Hall–Kier alpha value is -3.15. The molecule has 0 bridgehead atoms. The van der Waals surface area contributed by atoms with Crippen LogP contribution in [0.5, 0.6) is 0 Å². The lowest BCUT2D eigenvalue weighted by molar-refractivity contribution is -0.141. The summed E-state index contributed by atoms with van der Waals surface area (Å²) in [6.45, 7) is 0.463. The maximum absolute atomic E-state index is 12.8. The standard InChI is InChI=1S/C20H22N2O4/c1-22(14-15-8-4-3-5-9-15)20(25)16-10-6-7-11-17(16)21-18(23)12-13-19(24)26-2/h3-11H,12-14H2,1-2H3,(H,21,23). The minimum Gasteiger partial charge on any atom is -0.469 e. The van der Waals surface area contributed by atoms with Gasteiger partial charge in [0.1, 0.15) is 0 Å². The molecule has 2 aromatic rings. The zero-order chi connectivity index (χ0) is 18.9. The van der Waals surface area contributed by atoms with Crippen LogP contribution in [-0.2, 0) is 20.9 Å². The van der Waals surface area contributed by atoms with E-state index in [1.165, 1.54) is 7.11 Å². The molecule has 0 radical (unpaired) electrons. The van der Waals surface area contributed by atoms with Gasteiger partial charge in [-0.2, -0.15) is 0 Å². The highest BCUT2D eigenvalue weighted by Gasteiger charge is 2.17. The number of anilines is 1. The second-order valence-corrected chi connectivity index (χ2v) is 5.82. The number of ether oxygens (including phenoxy) is 1. The first-order valence-corrected chi connectivity index (χ1v) is 8.26. The summed E-state index contributed by atoms with van der Waals surface area (Å²) >= 11 is 0. The van der Waals surface area contributed by atoms with Crippen molar-refractivity contribution >= 4 is 23.5 Å². The highest BCUT2D eigenvalue weighted by Crippen LogP contribution is 2.18. The van der Waals surface area contributed by atoms with Crippen molar-refractivity contribution in [2.45, 2.75) is 19.4 Å². The summed E-state index contributed by atoms with van der Waals surface area (Å²) in [6.07, 6.45) is -0.0125. The van der Waals surface area contributed by atoms with Gasteiger partial charge < -0.3 is 15.0 Å². The van der Waals surface area contributed by atoms with Gasteiger partial charge in [0.2, 0.25) is 5.91 Å². The predicted molar refractivity (Wildman–Crippen MR) is 98.6 cm³/mol. The van der Waals surface area contributed by atoms with E-state index < -0.39 is 5.97 Å². The summed E-state index contributed by atoms with van der Waals surface area (Å²) in [6, 6.07) is 16.5. The van der Waals surface area contributed by atoms with Gasteiger partial charge in [-0.25, -0.2) is 0 Å². The minimum absolute atomic E-state index is 0.00491. The maximum Gasteiger partial charge on any atom is 0.306 e. The van der Waals surface area contributed by atoms with Gasteiger partial charge in [0, 0.05) is 20.0 Å². The lowest BCUT2D eigenvalue weighted by atomic mass is 10.1. The molecule has 2 aromatic carbocycles. The van der Waals surface area contributed by atoms with E-state index >= 15 is 0 Å². The van der Waals surface area contributed by atoms with E-state index in [1.807, 2.05) is 30.3 Å². The smallest absolute Gasteiger partial charge is 0.306 e. The fourth-order valence-corrected chi connectivity index (χ4v) is 2.44. The van der Waals surface area contributed by atoms with Crippen LogP contribution in [-0.4, -0.2) is 36.8 Å². The van der Waals surface area contributed by atoms with E-state index in [9.17, 15) is 14.4 Å². The third-order valence-electron chi connectivity index (χ3n) is 3.82. The van der Waals surface area contributed by atoms with Crippen LogP contribution in [0.1, 0.15) is 28.8 Å². The molecular weight excluding hydrogens is 332 g/mol. The number of carbonyl (C=O) groups excluding carboxylic acids is 3. The summed E-state index contributed by atoms with van der Waals surface area (Å²) in [7, 11) is 2.99. The van der Waals surface area contributed by atoms with E-state index in [-0.39, 0.29) is 24.7 Å². The van der Waals surface area contributed by atoms with E-state index in [2.05, 4.69) is 10.1 Å². The van der Waals surface area contributed by atoms with Crippen molar-refractivity contribution in [2.24, 2.45) is 0 Å². The van der Waals surface area contributed by atoms with Gasteiger partial charge in [-0.05, 0) is 17.7 Å². The van der Waals surface area contributed by atoms with Crippen molar-refractivity contribution < 1.29 is 19.1 Å². The Morgan fingerprint density at radius 3 is 2.31 bits per heavy atom. The van der Waals surface area contributed by atoms with Crippen LogP contribution >= 0.6 is 0 Å². The van der Waals surface area contributed by atoms with Gasteiger partial charge in [0.05, 0.1) is 24.8 Å². The van der Waals surface area contributed by atoms with E-state index in [0.29, 0.717) is 17.8 Å². The Balaban J connectivity index is 2.06. The van der Waals surface area contributed by atoms with Crippen molar-refractivity contribution in [2.75, 3.05) is 19.5 Å². The van der Waals surface area contributed by atoms with Crippen LogP contribution < -0.4 is 5.32 Å². The maximum atomic E-state index is 12.8. The average Bonchev–Trinajstić information content (AvgIpc) is 2.66. The van der Waals surface area contributed by atoms with Gasteiger partial charge in [0.15, 0.2) is 0 Å². The zero-order valence-electron chi connectivity index (χ0n) is 14.9. The summed E-state index contributed by atoms with van der Waals surface area (Å²) in [5.41, 5.74) is 1.84. The quantitative estimate of drug-likeness (QED) is 0.776. The van der Waals surface area contributed by atoms with Crippen molar-refractivity contribution in [3.05, 3.63) is 65.7 Å². The zero-order valence-corrected chi connectivity index (χ0v) is 14.9. The molecule has 0 aromatic heterocycles. The Kier molecular flexibility index (Phi) is 6.91. The van der Waals surface area contributed by atoms with Crippen LogP contribution in [0.25, 0.3) is 0 Å². The first-order chi connectivity index (χ1) is 12.5. The number of esters is 1. The molecule has 0 unspecified atom stereocenters. The van der Waals surface area contributed by atoms with Gasteiger partial charge >= 0.3 is 5.97 Å². The number of para-hydroxylation sites is 1. The Morgan fingerprint density at radius 1 is 0.962 bits per heavy atom. The van der Waals surface area contributed by atoms with Crippen LogP contribution in [0.15, 0.2) is 54.6 Å². The second kappa shape index (κ2) is 9.36. The highest BCUT2D eigenvalue weighted by atomic mass is 16.5. The van der Waals surface area contributed by atoms with Crippen LogP contribution in [0.2, 0.25) is 0 Å². The molecule has 26 heavy (non-hydrogen) atoms. The molecule has 2 rings (SSSR count). The largest absolute Gasteiger partial charge is 0.469 e. The van der Waals surface area contributed by atoms with Gasteiger partial charge in [-0.3, -0.25) is 14.4 Å². The van der Waals surface area contributed by atoms with Crippen LogP contribution in [0.4, 0.5) is 5.69 Å². The summed E-state index contributed by atoms with van der Waals surface area (Å²) in [5.74, 6) is -0.994. The molecule has 0 atom stereocenters. The fraction of sp³-hybridized carbons (Fsp3) is 0.250. The van der Waals surface area contributed by atoms with E-state index in [4.69, 9.17) is 0 Å². The van der Waals surface area contributed by atoms with Crippen molar-refractivity contribution in [1.29, 1.82) is 0 Å². The molecule has 2 amide bonds. The number of carbonyl (C=O) groups is 3. The molecule has 1 N–H and O–H groups in total. The summed E-state index contributed by atoms with van der Waals surface area (Å²) < 4.78 is 4.52. The number of rotatable bonds is 7. The highest BCUT2D eigenvalue weighted by molar-refractivity contribution is 6.03. The lowest BCUT2D eigenvalue weighted by Gasteiger charge is -2.19. The lowest BCUT2D eigenvalue weighted by Crippen LogP contribution is -2.27. The molecule has 6 nitrogen and oxygen atoms in total. The molecule has 6 heteroatoms. The number of nitrogens with one attached hydrogen (secondary N) is 1. The van der Waals surface area contributed by atoms with Gasteiger partial charge in [-0.1, -0.05) is 42.5 Å². The Bertz CT molecular complexity index is 774. The molecule has 0 spiro atoms. The molecule has 0 saturated carbocycles. The molecule has 0 fully saturated rings. The van der Waals surface area contributed by atoms with Gasteiger partial charge in [0.25, 0.3) is 5.91 Å². The van der Waals surface area contributed by atoms with Crippen molar-refractivity contribution in [3.63, 3.8) is 0 Å². The first kappa shape index (κ1) is 19.2. The molecular formula is C20H22N2O4. The molecule has 0 aliphatic rings. The van der Waals surface area contributed by atoms with Crippen molar-refractivity contribution in [3.8, 4) is 0 Å². The number of hydrogen-bond acceptors (Lipinski definition) is 4. The third-order valence-corrected chi connectivity index (χ3v) is 3.82. The number of nitrogens with zero attached hydrogens (tertiary/aromatic N) is 1. The average molecular weight is 354 g/mol. The third kappa shape index (κ3) is 5.44. The topological polar surface area (TPSA) is 75.7 Å². The number of hydrogen-bond donors (Lipinski definition) is 1. The van der Waals surface area contributed by atoms with Crippen LogP contribution in [0.3, 0.4) is 0 Å². The Morgan fingerprint density at radius 2 is 1.62 bits per heavy atom. The first-order valence-electron chi connectivity index (χ1n) is 8.26. The number of amides is 2. The van der Waals surface area contributed by atoms with E-state index in [1.54, 1.807) is 36.2 Å². The fourth-order valence-electron chi connectivity index (χ4n) is 2.44. The van der Waals surface area contributed by atoms with Crippen molar-refractivity contribution in [1.82, 2.24) is 4.90 Å². The number of methoxy groups -OCH3 is 1. The molecule has 0 saturated heterocycles. The SMILES string of the molecule is COC(=O)CCC(=O)Nc1ccccc1C(=O)N(C)Cc1ccccc1. The van der Waals surface area contributed by atoms with Crippen LogP contribution in [0, 0.1) is 0 Å². The normalized spacial score (nSPS) is 10.1. The summed E-state index contributed by atoms with van der Waals surface area (Å²) in [4.78, 5) is 37.5. The summed E-state index contributed by atoms with van der Waals surface area (Å²) in [5, 5.41) is 2.70. The van der Waals surface area contributed by atoms with E-state index in [0.717, 1.165) is 5.56 Å². The second-order valence-electron chi connectivity index (χ2n) is 5.82. The monoisotopic (exact) mass is 354 g/mol. The molecule has 0 aliphatic carbocycles. The molecule has 0 aliphatic heterocycles. The molecule has 0 heterocycles. The Labute approximate surface area is 152 Å². The van der Waals surface area contributed by atoms with Gasteiger partial charge in [-0.15, -0.1) is 0 Å². The number of benzene rings is 2. The molecule has 136 valence electrons.